The zero-order valence-electron chi connectivity index (χ0n) is 19.2. The third-order valence-corrected chi connectivity index (χ3v) is 6.35. The molecule has 0 aliphatic carbocycles. The molecule has 1 aromatic carbocycles. The molecule has 7 heteroatoms. The van der Waals surface area contributed by atoms with E-state index in [1.54, 1.807) is 4.90 Å². The van der Waals surface area contributed by atoms with Crippen molar-refractivity contribution in [2.45, 2.75) is 78.0 Å². The Bertz CT molecular complexity index is 916. The number of nitrogens with zero attached hydrogens (tertiary/aromatic N) is 2. The van der Waals surface area contributed by atoms with E-state index >= 15 is 0 Å². The highest BCUT2D eigenvalue weighted by Gasteiger charge is 2.49. The number of β-amino-alcohol motifs (C(OH)–C–C–N with tert-alkyl or cyclic N) is 1. The molecule has 0 spiro atoms. The third-order valence-electron chi connectivity index (χ3n) is 6.35. The second kappa shape index (κ2) is 8.19. The Morgan fingerprint density at radius 1 is 1.26 bits per heavy atom. The Morgan fingerprint density at radius 2 is 1.87 bits per heavy atom. The number of hydrogen-bond donors (Lipinski definition) is 2. The predicted octanol–water partition coefficient (Wildman–Crippen LogP) is 2.14. The second-order valence-corrected chi connectivity index (χ2v) is 10.2. The van der Waals surface area contributed by atoms with Gasteiger partial charge in [0.2, 0.25) is 11.8 Å². The molecule has 0 bridgehead atoms. The summed E-state index contributed by atoms with van der Waals surface area (Å²) >= 11 is 0. The van der Waals surface area contributed by atoms with Gasteiger partial charge in [-0.3, -0.25) is 14.4 Å². The third kappa shape index (κ3) is 4.56. The fourth-order valence-electron chi connectivity index (χ4n) is 4.46. The van der Waals surface area contributed by atoms with Crippen molar-refractivity contribution in [3.8, 4) is 0 Å². The van der Waals surface area contributed by atoms with E-state index in [-0.39, 0.29) is 24.3 Å². The Kier molecular flexibility index (Phi) is 6.11. The minimum Gasteiger partial charge on any atom is -0.391 e. The Hall–Kier alpha value is -2.54. The zero-order chi connectivity index (χ0) is 23.1. The summed E-state index contributed by atoms with van der Waals surface area (Å²) in [6, 6.07) is 6.65. The summed E-state index contributed by atoms with van der Waals surface area (Å²) in [4.78, 5) is 44.1. The van der Waals surface area contributed by atoms with Gasteiger partial charge in [0.15, 0.2) is 0 Å². The summed E-state index contributed by atoms with van der Waals surface area (Å²) in [5, 5.41) is 13.1. The minimum absolute atomic E-state index is 0.157. The van der Waals surface area contributed by atoms with Gasteiger partial charge in [0.1, 0.15) is 6.04 Å². The molecule has 2 aliphatic rings. The highest BCUT2D eigenvalue weighted by molar-refractivity contribution is 6.11. The normalized spacial score (nSPS) is 27.3. The van der Waals surface area contributed by atoms with Crippen molar-refractivity contribution < 1.29 is 19.5 Å². The van der Waals surface area contributed by atoms with Crippen LogP contribution in [0.5, 0.6) is 0 Å². The van der Waals surface area contributed by atoms with Crippen molar-refractivity contribution in [2.75, 3.05) is 6.54 Å². The highest BCUT2D eigenvalue weighted by Crippen LogP contribution is 2.38. The van der Waals surface area contributed by atoms with Gasteiger partial charge >= 0.3 is 0 Å². The number of nitrogens with one attached hydrogen (secondary N) is 1. The average Bonchev–Trinajstić information content (AvgIpc) is 3.19. The minimum atomic E-state index is -0.785. The van der Waals surface area contributed by atoms with Gasteiger partial charge in [-0.25, -0.2) is 4.99 Å². The molecule has 4 unspecified atom stereocenters. The molecule has 0 aromatic heterocycles. The van der Waals surface area contributed by atoms with Gasteiger partial charge in [-0.2, -0.15) is 0 Å². The van der Waals surface area contributed by atoms with Crippen LogP contribution in [-0.4, -0.2) is 58.2 Å². The molecule has 31 heavy (non-hydrogen) atoms. The van der Waals surface area contributed by atoms with Crippen molar-refractivity contribution in [2.24, 2.45) is 10.4 Å². The van der Waals surface area contributed by atoms with Crippen molar-refractivity contribution in [1.82, 2.24) is 10.2 Å². The molecule has 0 radical (unpaired) electrons. The standard InChI is InChI=1S/C24H33N3O4/c1-14-7-9-16(10-8-14)24(6)12-18(26-22(24)31)19-11-17(29)13-27(19)21(30)20(23(3,4)5)25-15(2)28/h7-10,17,19-20,29H,11-13H2,1-6H3,(H,25,28). The van der Waals surface area contributed by atoms with Crippen molar-refractivity contribution in [1.29, 1.82) is 0 Å². The van der Waals surface area contributed by atoms with Crippen molar-refractivity contribution >= 4 is 23.4 Å². The summed E-state index contributed by atoms with van der Waals surface area (Å²) in [6.45, 7) is 11.1. The number of aryl methyl sites for hydroxylation is 1. The van der Waals surface area contributed by atoms with Gasteiger partial charge in [0, 0.05) is 32.0 Å². The van der Waals surface area contributed by atoms with Crippen molar-refractivity contribution in [3.05, 3.63) is 35.4 Å². The molecule has 2 N–H and O–H groups in total. The zero-order valence-corrected chi connectivity index (χ0v) is 19.2. The lowest BCUT2D eigenvalue weighted by molar-refractivity contribution is -0.139. The van der Waals surface area contributed by atoms with Gasteiger partial charge in [0.05, 0.1) is 17.6 Å². The number of carbonyl (C=O) groups is 3. The van der Waals surface area contributed by atoms with Crippen LogP contribution in [-0.2, 0) is 19.8 Å². The SMILES string of the molecule is CC(=O)NC(C(=O)N1CC(O)CC1C1=NC(=O)C(C)(c2ccc(C)cc2)C1)C(C)(C)C. The molecule has 0 saturated carbocycles. The van der Waals surface area contributed by atoms with Crippen LogP contribution in [0.3, 0.4) is 0 Å². The maximum absolute atomic E-state index is 13.5. The van der Waals surface area contributed by atoms with Gasteiger partial charge in [-0.05, 0) is 24.8 Å². The number of amides is 3. The Balaban J connectivity index is 1.88. The molecular weight excluding hydrogens is 394 g/mol. The van der Waals surface area contributed by atoms with Gasteiger partial charge in [-0.1, -0.05) is 50.6 Å². The maximum atomic E-state index is 13.5. The summed E-state index contributed by atoms with van der Waals surface area (Å²) in [5.41, 5.74) is 1.33. The molecule has 2 heterocycles. The van der Waals surface area contributed by atoms with Crippen LogP contribution in [0.25, 0.3) is 0 Å². The van der Waals surface area contributed by atoms with Crippen LogP contribution in [0.2, 0.25) is 0 Å². The summed E-state index contributed by atoms with van der Waals surface area (Å²) < 4.78 is 0. The number of likely N-dealkylation sites (tertiary alicyclic amines) is 1. The van der Waals surface area contributed by atoms with Crippen LogP contribution < -0.4 is 5.32 Å². The highest BCUT2D eigenvalue weighted by atomic mass is 16.3. The molecule has 7 nitrogen and oxygen atoms in total. The lowest BCUT2D eigenvalue weighted by Crippen LogP contribution is -2.56. The fraction of sp³-hybridized carbons (Fsp3) is 0.583. The second-order valence-electron chi connectivity index (χ2n) is 10.2. The van der Waals surface area contributed by atoms with E-state index in [0.717, 1.165) is 11.1 Å². The quantitative estimate of drug-likeness (QED) is 0.769. The summed E-state index contributed by atoms with van der Waals surface area (Å²) in [5.74, 6) is -0.775. The molecule has 168 valence electrons. The topological polar surface area (TPSA) is 99.1 Å². The van der Waals surface area contributed by atoms with E-state index in [4.69, 9.17) is 0 Å². The first-order valence-electron chi connectivity index (χ1n) is 10.8. The molecule has 3 amide bonds. The largest absolute Gasteiger partial charge is 0.391 e. The molecule has 1 fully saturated rings. The van der Waals surface area contributed by atoms with Crippen molar-refractivity contribution in [3.63, 3.8) is 0 Å². The number of aliphatic imine (C=N–C) groups is 1. The number of hydrogen-bond acceptors (Lipinski definition) is 4. The fourth-order valence-corrected chi connectivity index (χ4v) is 4.46. The number of aliphatic hydroxyl groups is 1. The van der Waals surface area contributed by atoms with Crippen LogP contribution in [0.1, 0.15) is 58.6 Å². The lowest BCUT2D eigenvalue weighted by Gasteiger charge is -2.35. The summed E-state index contributed by atoms with van der Waals surface area (Å²) in [6.07, 6.45) is 0.0331. The lowest BCUT2D eigenvalue weighted by atomic mass is 9.78. The molecule has 1 aromatic rings. The first-order chi connectivity index (χ1) is 14.3. The Labute approximate surface area is 183 Å². The number of carbonyl (C=O) groups excluding carboxylic acids is 3. The predicted molar refractivity (Wildman–Crippen MR) is 119 cm³/mol. The molecule has 1 saturated heterocycles. The van der Waals surface area contributed by atoms with Crippen LogP contribution in [0.4, 0.5) is 0 Å². The van der Waals surface area contributed by atoms with Crippen LogP contribution in [0.15, 0.2) is 29.3 Å². The molecule has 3 rings (SSSR count). The van der Waals surface area contributed by atoms with Crippen LogP contribution >= 0.6 is 0 Å². The molecule has 2 aliphatic heterocycles. The van der Waals surface area contributed by atoms with Gasteiger partial charge in [-0.15, -0.1) is 0 Å². The Morgan fingerprint density at radius 3 is 2.42 bits per heavy atom. The maximum Gasteiger partial charge on any atom is 0.256 e. The first-order valence-corrected chi connectivity index (χ1v) is 10.8. The number of aliphatic hydroxyl groups excluding tert-OH is 1. The van der Waals surface area contributed by atoms with E-state index in [1.807, 2.05) is 58.9 Å². The number of rotatable bonds is 4. The smallest absolute Gasteiger partial charge is 0.256 e. The van der Waals surface area contributed by atoms with E-state index in [9.17, 15) is 19.5 Å². The van der Waals surface area contributed by atoms with E-state index in [0.29, 0.717) is 18.6 Å². The van der Waals surface area contributed by atoms with E-state index < -0.39 is 29.0 Å². The molecular formula is C24H33N3O4. The average molecular weight is 428 g/mol. The molecule has 4 atom stereocenters. The van der Waals surface area contributed by atoms with E-state index in [1.165, 1.54) is 6.92 Å². The van der Waals surface area contributed by atoms with E-state index in [2.05, 4.69) is 10.3 Å². The van der Waals surface area contributed by atoms with Crippen LogP contribution in [0, 0.1) is 12.3 Å². The van der Waals surface area contributed by atoms with Gasteiger partial charge < -0.3 is 15.3 Å². The monoisotopic (exact) mass is 427 g/mol. The first kappa shape index (κ1) is 23.1. The summed E-state index contributed by atoms with van der Waals surface area (Å²) in [7, 11) is 0. The van der Waals surface area contributed by atoms with Gasteiger partial charge in [0.25, 0.3) is 5.91 Å². The number of benzene rings is 1.